The van der Waals surface area contributed by atoms with Gasteiger partial charge in [0.25, 0.3) is 0 Å². The summed E-state index contributed by atoms with van der Waals surface area (Å²) in [5.41, 5.74) is 2.39. The maximum absolute atomic E-state index is 6.02. The highest BCUT2D eigenvalue weighted by Gasteiger charge is 2.12. The summed E-state index contributed by atoms with van der Waals surface area (Å²) in [6.07, 6.45) is 0. The van der Waals surface area contributed by atoms with Gasteiger partial charge in [-0.15, -0.1) is 0 Å². The van der Waals surface area contributed by atoms with Crippen molar-refractivity contribution in [1.29, 1.82) is 0 Å². The lowest BCUT2D eigenvalue weighted by Gasteiger charge is -2.14. The number of para-hydroxylation sites is 1. The molecule has 0 aliphatic carbocycles. The number of benzene rings is 3. The largest absolute Gasteiger partial charge is 0.494 e. The van der Waals surface area contributed by atoms with Gasteiger partial charge in [0.1, 0.15) is 29.4 Å². The Morgan fingerprint density at radius 1 is 0.812 bits per heavy atom. The normalized spacial score (nSPS) is 10.7. The Hall–Kier alpha value is -3.55. The van der Waals surface area contributed by atoms with Gasteiger partial charge in [0.2, 0.25) is 5.95 Å². The van der Waals surface area contributed by atoms with Gasteiger partial charge in [-0.1, -0.05) is 17.7 Å². The van der Waals surface area contributed by atoms with Crippen molar-refractivity contribution in [3.8, 4) is 11.5 Å². The fourth-order valence-corrected chi connectivity index (χ4v) is 3.24. The van der Waals surface area contributed by atoms with E-state index in [9.17, 15) is 0 Å². The molecule has 0 amide bonds. The van der Waals surface area contributed by atoms with Crippen LogP contribution in [0.25, 0.3) is 10.9 Å². The molecule has 7 nitrogen and oxygen atoms in total. The monoisotopic (exact) mass is 450 g/mol. The molecule has 0 unspecified atom stereocenters. The topological polar surface area (TPSA) is 77.5 Å². The number of nitrogens with one attached hydrogen (secondary N) is 2. The Balaban J connectivity index is 1.64. The number of rotatable bonds is 9. The fourth-order valence-electron chi connectivity index (χ4n) is 3.12. The highest BCUT2D eigenvalue weighted by molar-refractivity contribution is 6.30. The molecule has 1 heterocycles. The van der Waals surface area contributed by atoms with Crippen LogP contribution in [0.3, 0.4) is 0 Å². The number of aromatic nitrogens is 2. The van der Waals surface area contributed by atoms with Gasteiger partial charge in [0, 0.05) is 28.9 Å². The van der Waals surface area contributed by atoms with Gasteiger partial charge in [-0.3, -0.25) is 0 Å². The van der Waals surface area contributed by atoms with Crippen molar-refractivity contribution in [2.45, 2.75) is 0 Å². The Kier molecular flexibility index (Phi) is 6.89. The molecule has 2 N–H and O–H groups in total. The van der Waals surface area contributed by atoms with Crippen molar-refractivity contribution in [2.75, 3.05) is 38.1 Å². The van der Waals surface area contributed by atoms with E-state index in [0.29, 0.717) is 41.3 Å². The number of ether oxygens (including phenoxy) is 3. The summed E-state index contributed by atoms with van der Waals surface area (Å²) in [5, 5.41) is 8.12. The third kappa shape index (κ3) is 5.19. The van der Waals surface area contributed by atoms with Crippen molar-refractivity contribution < 1.29 is 14.2 Å². The number of methoxy groups -OCH3 is 2. The van der Waals surface area contributed by atoms with Crippen LogP contribution in [0, 0.1) is 0 Å². The van der Waals surface area contributed by atoms with Crippen LogP contribution in [0.4, 0.5) is 23.1 Å². The quantitative estimate of drug-likeness (QED) is 0.312. The van der Waals surface area contributed by atoms with Crippen molar-refractivity contribution in [2.24, 2.45) is 0 Å². The summed E-state index contributed by atoms with van der Waals surface area (Å²) in [6, 6.07) is 20.7. The number of nitrogens with zero attached hydrogens (tertiary/aromatic N) is 2. The third-order valence-corrected chi connectivity index (χ3v) is 4.94. The van der Waals surface area contributed by atoms with Crippen LogP contribution in [-0.4, -0.2) is 37.4 Å². The summed E-state index contributed by atoms with van der Waals surface area (Å²) < 4.78 is 16.1. The van der Waals surface area contributed by atoms with Gasteiger partial charge in [-0.2, -0.15) is 4.98 Å². The molecule has 0 saturated carbocycles. The first-order valence-corrected chi connectivity index (χ1v) is 10.4. The van der Waals surface area contributed by atoms with E-state index in [1.54, 1.807) is 14.2 Å². The zero-order valence-corrected chi connectivity index (χ0v) is 18.5. The summed E-state index contributed by atoms with van der Waals surface area (Å²) in [7, 11) is 3.27. The van der Waals surface area contributed by atoms with Crippen molar-refractivity contribution >= 4 is 45.6 Å². The number of hydrogen-bond acceptors (Lipinski definition) is 7. The van der Waals surface area contributed by atoms with Crippen LogP contribution in [-0.2, 0) is 4.74 Å². The van der Waals surface area contributed by atoms with E-state index in [4.69, 9.17) is 30.8 Å². The lowest BCUT2D eigenvalue weighted by atomic mass is 10.2. The van der Waals surface area contributed by atoms with Crippen molar-refractivity contribution in [3.05, 3.63) is 71.8 Å². The molecule has 3 aromatic carbocycles. The van der Waals surface area contributed by atoms with E-state index in [1.165, 1.54) is 0 Å². The number of fused-ring (bicyclic) bond motifs is 1. The summed E-state index contributed by atoms with van der Waals surface area (Å²) in [4.78, 5) is 9.39. The van der Waals surface area contributed by atoms with E-state index in [2.05, 4.69) is 15.6 Å². The molecule has 0 radical (unpaired) electrons. The standard InChI is InChI=1S/C24H23ClN4O3/c1-30-14-15-32-19-12-10-18(11-13-19)27-24-28-22-20(4-3-5-21(22)31-2)23(29-24)26-17-8-6-16(25)7-9-17/h3-13H,14-15H2,1-2H3,(H2,26,27,28,29). The molecule has 0 fully saturated rings. The zero-order chi connectivity index (χ0) is 22.3. The minimum absolute atomic E-state index is 0.437. The predicted molar refractivity (Wildman–Crippen MR) is 128 cm³/mol. The van der Waals surface area contributed by atoms with E-state index < -0.39 is 0 Å². The Bertz CT molecular complexity index is 1180. The second-order valence-corrected chi connectivity index (χ2v) is 7.31. The molecule has 0 saturated heterocycles. The zero-order valence-electron chi connectivity index (χ0n) is 17.8. The first-order chi connectivity index (χ1) is 15.7. The molecule has 0 aliphatic heterocycles. The molecule has 0 atom stereocenters. The Morgan fingerprint density at radius 2 is 1.53 bits per heavy atom. The molecule has 0 aliphatic rings. The van der Waals surface area contributed by atoms with E-state index in [-0.39, 0.29) is 0 Å². The minimum atomic E-state index is 0.437. The van der Waals surface area contributed by atoms with Gasteiger partial charge in [-0.25, -0.2) is 4.98 Å². The Labute approximate surface area is 191 Å². The molecule has 4 rings (SSSR count). The molecule has 8 heteroatoms. The average molecular weight is 451 g/mol. The van der Waals surface area contributed by atoms with Crippen LogP contribution in [0.15, 0.2) is 66.7 Å². The SMILES string of the molecule is COCCOc1ccc(Nc2nc(Nc3ccc(Cl)cc3)c3cccc(OC)c3n2)cc1. The highest BCUT2D eigenvalue weighted by atomic mass is 35.5. The van der Waals surface area contributed by atoms with Crippen molar-refractivity contribution in [1.82, 2.24) is 9.97 Å². The smallest absolute Gasteiger partial charge is 0.229 e. The third-order valence-electron chi connectivity index (χ3n) is 4.68. The molecular weight excluding hydrogens is 428 g/mol. The number of anilines is 4. The number of halogens is 1. The van der Waals surface area contributed by atoms with Crippen LogP contribution in [0.5, 0.6) is 11.5 Å². The van der Waals surface area contributed by atoms with Gasteiger partial charge >= 0.3 is 0 Å². The molecule has 1 aromatic heterocycles. The lowest BCUT2D eigenvalue weighted by Crippen LogP contribution is -2.04. The van der Waals surface area contributed by atoms with Crippen LogP contribution in [0.2, 0.25) is 5.02 Å². The van der Waals surface area contributed by atoms with Crippen LogP contribution >= 0.6 is 11.6 Å². The summed E-state index contributed by atoms with van der Waals surface area (Å²) in [6.45, 7) is 1.03. The number of hydrogen-bond donors (Lipinski definition) is 2. The average Bonchev–Trinajstić information content (AvgIpc) is 2.81. The molecule has 0 spiro atoms. The molecule has 32 heavy (non-hydrogen) atoms. The Morgan fingerprint density at radius 3 is 2.25 bits per heavy atom. The van der Waals surface area contributed by atoms with Gasteiger partial charge in [0.15, 0.2) is 0 Å². The first kappa shape index (κ1) is 21.7. The first-order valence-electron chi connectivity index (χ1n) is 10.0. The lowest BCUT2D eigenvalue weighted by molar-refractivity contribution is 0.146. The van der Waals surface area contributed by atoms with E-state index in [0.717, 1.165) is 22.5 Å². The van der Waals surface area contributed by atoms with Crippen LogP contribution < -0.4 is 20.1 Å². The second-order valence-electron chi connectivity index (χ2n) is 6.87. The molecule has 4 aromatic rings. The fraction of sp³-hybridized carbons (Fsp3) is 0.167. The molecule has 164 valence electrons. The second kappa shape index (κ2) is 10.2. The predicted octanol–water partition coefficient (Wildman–Crippen LogP) is 5.80. The van der Waals surface area contributed by atoms with E-state index in [1.807, 2.05) is 66.7 Å². The summed E-state index contributed by atoms with van der Waals surface area (Å²) >= 11 is 6.02. The summed E-state index contributed by atoms with van der Waals surface area (Å²) in [5.74, 6) is 2.51. The van der Waals surface area contributed by atoms with Crippen molar-refractivity contribution in [3.63, 3.8) is 0 Å². The minimum Gasteiger partial charge on any atom is -0.494 e. The maximum atomic E-state index is 6.02. The molecular formula is C24H23ClN4O3. The van der Waals surface area contributed by atoms with Gasteiger partial charge in [0.05, 0.1) is 13.7 Å². The highest BCUT2D eigenvalue weighted by Crippen LogP contribution is 2.32. The van der Waals surface area contributed by atoms with Gasteiger partial charge in [-0.05, 0) is 60.7 Å². The van der Waals surface area contributed by atoms with Crippen LogP contribution in [0.1, 0.15) is 0 Å². The van der Waals surface area contributed by atoms with Gasteiger partial charge < -0.3 is 24.8 Å². The maximum Gasteiger partial charge on any atom is 0.229 e. The van der Waals surface area contributed by atoms with E-state index >= 15 is 0 Å². The molecule has 0 bridgehead atoms.